The van der Waals surface area contributed by atoms with E-state index in [1.54, 1.807) is 11.8 Å². The van der Waals surface area contributed by atoms with E-state index < -0.39 is 173 Å². The summed E-state index contributed by atoms with van der Waals surface area (Å²) in [4.78, 5) is 191. The van der Waals surface area contributed by atoms with Crippen LogP contribution in [0.5, 0.6) is 0 Å². The molecule has 1 spiro atoms. The molecule has 0 radical (unpaired) electrons. The quantitative estimate of drug-likeness (QED) is 0.229. The minimum absolute atomic E-state index is 0.0201. The van der Waals surface area contributed by atoms with Crippen molar-refractivity contribution in [3.63, 3.8) is 0 Å². The summed E-state index contributed by atoms with van der Waals surface area (Å²) in [5.74, 6) is -8.69. The SMILES string of the molecule is CC[C@H](C)[C@@H]1NC(=O)[C@H](CC(C)C)N(C)C(=O)C[C@@H](C(=O)N2CCCC2)N(C)C(=O)[C@H](C2CCCCC2)N(C)C(=O)C2(CCCC2)NC(=O)[C@@H]2CCCN2C(=O)[C@H](CCc2ccc(C(F)(F)F)c(Cl)c2)NC(=O)CN(C)C(=O)[C@H](CC2CCCCC2)N(C)C(=O)CN(C)C(=O)CN(C)C1=O. The fraction of sp³-hybridized carbons (Fsp3) is 0.750. The topological polar surface area (TPSA) is 270 Å². The van der Waals surface area contributed by atoms with Crippen LogP contribution in [-0.2, 0) is 70.1 Å². The van der Waals surface area contributed by atoms with Gasteiger partial charge in [0.25, 0.3) is 0 Å². The van der Waals surface area contributed by atoms with Crippen LogP contribution in [0, 0.1) is 23.7 Å². The second-order valence-corrected chi connectivity index (χ2v) is 30.2. The average Bonchev–Trinajstić information content (AvgIpc) is 1.45. The van der Waals surface area contributed by atoms with Crippen LogP contribution in [0.4, 0.5) is 13.2 Å². The molecule has 3 saturated carbocycles. The minimum atomic E-state index is -4.76. The molecule has 24 nitrogen and oxygen atoms in total. The van der Waals surface area contributed by atoms with Gasteiger partial charge >= 0.3 is 6.18 Å². The Morgan fingerprint density at radius 1 is 0.620 bits per heavy atom. The Morgan fingerprint density at radius 3 is 1.82 bits per heavy atom. The van der Waals surface area contributed by atoms with Crippen LogP contribution < -0.4 is 16.0 Å². The number of aryl methyl sites for hydroxylation is 1. The molecule has 1 aromatic carbocycles. The van der Waals surface area contributed by atoms with Crippen LogP contribution in [0.15, 0.2) is 18.2 Å². The number of rotatable bonds is 11. The summed E-state index contributed by atoms with van der Waals surface area (Å²) in [6.07, 6.45) is 6.26. The van der Waals surface area contributed by atoms with Crippen LogP contribution in [0.2, 0.25) is 5.02 Å². The van der Waals surface area contributed by atoms with Crippen LogP contribution in [0.3, 0.4) is 0 Å². The van der Waals surface area contributed by atoms with Crippen molar-refractivity contribution in [3.05, 3.63) is 34.3 Å². The van der Waals surface area contributed by atoms with Gasteiger partial charge in [-0.05, 0) is 118 Å². The lowest BCUT2D eigenvalue weighted by Crippen LogP contribution is -2.65. The Kier molecular flexibility index (Phi) is 28.7. The summed E-state index contributed by atoms with van der Waals surface area (Å²) in [7, 11) is 10.0. The van der Waals surface area contributed by atoms with Crippen LogP contribution in [0.25, 0.3) is 0 Å². The number of halogens is 4. The number of amides is 12. The lowest BCUT2D eigenvalue weighted by Gasteiger charge is -2.43. The van der Waals surface area contributed by atoms with Gasteiger partial charge in [0.05, 0.1) is 36.6 Å². The van der Waals surface area contributed by atoms with Gasteiger partial charge in [-0.25, -0.2) is 0 Å². The highest BCUT2D eigenvalue weighted by molar-refractivity contribution is 6.31. The van der Waals surface area contributed by atoms with Crippen molar-refractivity contribution in [1.82, 2.24) is 60.0 Å². The van der Waals surface area contributed by atoms with Crippen LogP contribution in [0.1, 0.15) is 187 Å². The van der Waals surface area contributed by atoms with Crippen molar-refractivity contribution < 1.29 is 70.7 Å². The molecule has 0 aromatic heterocycles. The third-order valence-corrected chi connectivity index (χ3v) is 22.4. The molecule has 12 amide bonds. The van der Waals surface area contributed by atoms with Gasteiger partial charge in [-0.3, -0.25) is 57.5 Å². The number of nitrogens with zero attached hydrogens (tertiary/aromatic N) is 9. The summed E-state index contributed by atoms with van der Waals surface area (Å²) >= 11 is 6.16. The number of hydrogen-bond acceptors (Lipinski definition) is 12. The monoisotopic (exact) mass is 1430 g/mol. The first kappa shape index (κ1) is 80.3. The molecule has 28 heteroatoms. The summed E-state index contributed by atoms with van der Waals surface area (Å²) in [5.41, 5.74) is -2.33. The maximum atomic E-state index is 15.8. The first-order valence-corrected chi connectivity index (χ1v) is 36.7. The fourth-order valence-corrected chi connectivity index (χ4v) is 16.0. The smallest absolute Gasteiger partial charge is 0.343 e. The van der Waals surface area contributed by atoms with Gasteiger partial charge in [-0.1, -0.05) is 116 Å². The number of carbonyl (C=O) groups is 12. The van der Waals surface area contributed by atoms with Gasteiger partial charge in [0.1, 0.15) is 47.8 Å². The Morgan fingerprint density at radius 2 is 1.22 bits per heavy atom. The Balaban J connectivity index is 1.28. The zero-order valence-electron chi connectivity index (χ0n) is 60.7. The number of alkyl halides is 3. The average molecular weight is 1430 g/mol. The molecule has 3 N–H and O–H groups in total. The Bertz CT molecular complexity index is 3120. The van der Waals surface area contributed by atoms with Gasteiger partial charge in [0.15, 0.2) is 0 Å². The summed E-state index contributed by atoms with van der Waals surface area (Å²) in [6, 6.07) is -5.50. The van der Waals surface area contributed by atoms with Crippen molar-refractivity contribution in [2.45, 2.75) is 236 Å². The number of likely N-dealkylation sites (N-methyl/N-ethyl adjacent to an activating group) is 7. The maximum Gasteiger partial charge on any atom is 0.417 e. The zero-order chi connectivity index (χ0) is 73.7. The number of likely N-dealkylation sites (tertiary alicyclic amines) is 1. The fourth-order valence-electron chi connectivity index (χ4n) is 15.7. The number of hydrogen-bond donors (Lipinski definition) is 3. The van der Waals surface area contributed by atoms with E-state index in [9.17, 15) is 46.7 Å². The van der Waals surface area contributed by atoms with Crippen molar-refractivity contribution >= 4 is 82.5 Å². The van der Waals surface area contributed by atoms with Crippen molar-refractivity contribution in [2.24, 2.45) is 23.7 Å². The molecule has 3 aliphatic heterocycles. The van der Waals surface area contributed by atoms with Gasteiger partial charge in [0.2, 0.25) is 70.9 Å². The molecule has 7 rings (SSSR count). The minimum Gasteiger partial charge on any atom is -0.343 e. The summed E-state index contributed by atoms with van der Waals surface area (Å²) < 4.78 is 41.6. The van der Waals surface area contributed by atoms with Crippen molar-refractivity contribution in [3.8, 4) is 0 Å². The highest BCUT2D eigenvalue weighted by Crippen LogP contribution is 2.39. The number of fused-ring (bicyclic) bond motifs is 1. The number of nitrogens with one attached hydrogen (secondary N) is 3. The second kappa shape index (κ2) is 35.7. The normalized spacial score (nSPS) is 26.8. The van der Waals surface area contributed by atoms with E-state index in [1.165, 1.54) is 79.9 Å². The third kappa shape index (κ3) is 20.0. The van der Waals surface area contributed by atoms with E-state index >= 15 is 24.0 Å². The molecule has 3 saturated heterocycles. The van der Waals surface area contributed by atoms with E-state index in [1.807, 2.05) is 20.8 Å². The lowest BCUT2D eigenvalue weighted by molar-refractivity contribution is -0.156. The van der Waals surface area contributed by atoms with Gasteiger partial charge in [0, 0.05) is 69.0 Å². The molecule has 6 aliphatic rings. The molecule has 1 aromatic rings. The summed E-state index contributed by atoms with van der Waals surface area (Å²) in [5, 5.41) is 8.18. The molecule has 0 unspecified atom stereocenters. The number of carbonyl (C=O) groups excluding carboxylic acids is 12. The highest BCUT2D eigenvalue weighted by atomic mass is 35.5. The molecule has 6 fully saturated rings. The molecular weight excluding hydrogens is 1320 g/mol. The van der Waals surface area contributed by atoms with Gasteiger partial charge in [-0.15, -0.1) is 0 Å². The first-order valence-electron chi connectivity index (χ1n) is 36.4. The van der Waals surface area contributed by atoms with Gasteiger partial charge < -0.3 is 60.0 Å². The van der Waals surface area contributed by atoms with E-state index in [4.69, 9.17) is 11.6 Å². The molecule has 558 valence electrons. The molecule has 0 bridgehead atoms. The largest absolute Gasteiger partial charge is 0.417 e. The van der Waals surface area contributed by atoms with E-state index in [2.05, 4.69) is 16.0 Å². The van der Waals surface area contributed by atoms with E-state index in [0.717, 1.165) is 78.2 Å². The van der Waals surface area contributed by atoms with Crippen LogP contribution in [-0.4, -0.2) is 251 Å². The highest BCUT2D eigenvalue weighted by Gasteiger charge is 2.52. The summed E-state index contributed by atoms with van der Waals surface area (Å²) in [6.45, 7) is 6.46. The third-order valence-electron chi connectivity index (χ3n) is 22.1. The Labute approximate surface area is 593 Å². The predicted molar refractivity (Wildman–Crippen MR) is 369 cm³/mol. The zero-order valence-corrected chi connectivity index (χ0v) is 61.5. The number of benzene rings is 1. The maximum absolute atomic E-state index is 15.8. The second-order valence-electron chi connectivity index (χ2n) is 29.8. The Hall–Kier alpha value is -7.06. The first-order chi connectivity index (χ1) is 47.2. The molecule has 3 aliphatic carbocycles. The molecule has 8 atom stereocenters. The molecular formula is C72H110ClF3N12O12. The van der Waals surface area contributed by atoms with Gasteiger partial charge in [-0.2, -0.15) is 13.2 Å². The van der Waals surface area contributed by atoms with E-state index in [-0.39, 0.29) is 63.3 Å². The van der Waals surface area contributed by atoms with Crippen molar-refractivity contribution in [2.75, 3.05) is 88.6 Å². The predicted octanol–water partition coefficient (Wildman–Crippen LogP) is 6.03. The molecule has 3 heterocycles. The molecule has 100 heavy (non-hydrogen) atoms. The van der Waals surface area contributed by atoms with E-state index in [0.29, 0.717) is 70.0 Å². The van der Waals surface area contributed by atoms with Crippen LogP contribution >= 0.6 is 11.6 Å². The van der Waals surface area contributed by atoms with Crippen molar-refractivity contribution in [1.29, 1.82) is 0 Å². The lowest BCUT2D eigenvalue weighted by atomic mass is 9.81. The standard InChI is InChI=1S/C72H110ClF3N12O12/c1-12-46(4)61-68(98)82(7)43-59(91)80(5)44-60(92)84(9)55(40-47-24-15-13-16-25-47)66(96)81(6)42-57(89)77-52(32-30-48-29-31-50(51(73)39-48)72(74,75)76)65(95)88-37-23-28-53(88)64(94)79-71(33-19-20-34-71)70(100)86(11)62(49-26-17-14-18-27-49)69(99)85(10)56(67(97)87-35-21-22-36-87)41-58(90)83(8)54(38-45(2)3)63(93)78-61/h29,31,39,45-47,49,52-56,61-62H,12-28,30,32-38,40-44H2,1-11H3,(H,77,89)(H,78,93)(H,79,94)/t46-,52-,53-,54-,55-,56-,61-,62-/m0/s1.